The molecule has 0 unspecified atom stereocenters. The Morgan fingerprint density at radius 1 is 1.32 bits per heavy atom. The molecule has 1 fully saturated rings. The summed E-state index contributed by atoms with van der Waals surface area (Å²) in [6, 6.07) is 0.120. The number of imidazole rings is 1. The van der Waals surface area contributed by atoms with Gasteiger partial charge in [0.1, 0.15) is 0 Å². The Bertz CT molecular complexity index is 787. The molecule has 2 aromatic rings. The normalized spacial score (nSPS) is 17.2. The van der Waals surface area contributed by atoms with Gasteiger partial charge in [0.2, 0.25) is 0 Å². The van der Waals surface area contributed by atoms with Crippen LogP contribution in [0.5, 0.6) is 0 Å². The van der Waals surface area contributed by atoms with Crippen LogP contribution in [0.15, 0.2) is 15.9 Å². The molecule has 1 aliphatic rings. The predicted octanol–water partition coefficient (Wildman–Crippen LogP) is 1.13. The van der Waals surface area contributed by atoms with Gasteiger partial charge in [-0.3, -0.25) is 14.3 Å². The molecule has 2 heterocycles. The van der Waals surface area contributed by atoms with Crippen molar-refractivity contribution >= 4 is 11.2 Å². The number of hydrogen-bond acceptors (Lipinski definition) is 4. The molecule has 1 saturated carbocycles. The Morgan fingerprint density at radius 3 is 2.64 bits per heavy atom. The minimum absolute atomic E-state index is 0.120. The Morgan fingerprint density at radius 2 is 2.00 bits per heavy atom. The molecule has 0 aromatic carbocycles. The van der Waals surface area contributed by atoms with Gasteiger partial charge in [-0.2, -0.15) is 0 Å². The topological polar surface area (TPSA) is 98.7 Å². The molecule has 0 saturated heterocycles. The van der Waals surface area contributed by atoms with E-state index in [0.717, 1.165) is 25.7 Å². The van der Waals surface area contributed by atoms with Crippen LogP contribution in [0.4, 0.5) is 0 Å². The number of nitrogens with two attached hydrogens (primary N) is 1. The van der Waals surface area contributed by atoms with Crippen molar-refractivity contribution in [1.82, 2.24) is 19.1 Å². The maximum Gasteiger partial charge on any atom is 0.330 e. The molecule has 0 amide bonds. The van der Waals surface area contributed by atoms with Gasteiger partial charge < -0.3 is 10.3 Å². The monoisotopic (exact) mass is 305 g/mol. The Kier molecular flexibility index (Phi) is 3.68. The number of rotatable bonds is 3. The lowest BCUT2D eigenvalue weighted by Crippen LogP contribution is -2.38. The summed E-state index contributed by atoms with van der Waals surface area (Å²) in [4.78, 5) is 31.3. The van der Waals surface area contributed by atoms with Gasteiger partial charge in [0.05, 0.1) is 6.33 Å². The van der Waals surface area contributed by atoms with Crippen LogP contribution >= 0.6 is 0 Å². The average Bonchev–Trinajstić information content (AvgIpc) is 2.82. The van der Waals surface area contributed by atoms with E-state index < -0.39 is 11.1 Å². The first kappa shape index (κ1) is 15.0. The smallest absolute Gasteiger partial charge is 0.324 e. The summed E-state index contributed by atoms with van der Waals surface area (Å²) in [5, 5.41) is 0. The number of hydrogen-bond donors (Lipinski definition) is 2. The summed E-state index contributed by atoms with van der Waals surface area (Å²) in [5.41, 5.74) is 5.74. The van der Waals surface area contributed by atoms with Gasteiger partial charge in [0, 0.05) is 18.1 Å². The first-order valence-corrected chi connectivity index (χ1v) is 7.85. The molecule has 0 atom stereocenters. The molecule has 22 heavy (non-hydrogen) atoms. The minimum Gasteiger partial charge on any atom is -0.324 e. The molecule has 0 aliphatic heterocycles. The molecule has 0 radical (unpaired) electrons. The van der Waals surface area contributed by atoms with Gasteiger partial charge in [-0.25, -0.2) is 9.78 Å². The Hall–Kier alpha value is -1.89. The first-order valence-electron chi connectivity index (χ1n) is 7.85. The highest BCUT2D eigenvalue weighted by atomic mass is 16.2. The van der Waals surface area contributed by atoms with Crippen LogP contribution in [0, 0.1) is 0 Å². The Balaban J connectivity index is 2.17. The molecule has 0 bridgehead atoms. The average molecular weight is 305 g/mol. The molecule has 2 aromatic heterocycles. The van der Waals surface area contributed by atoms with Crippen molar-refractivity contribution in [3.8, 4) is 0 Å². The van der Waals surface area contributed by atoms with E-state index in [9.17, 15) is 9.59 Å². The quantitative estimate of drug-likeness (QED) is 0.888. The summed E-state index contributed by atoms with van der Waals surface area (Å²) in [6.07, 6.45) is 6.93. The molecule has 3 rings (SSSR count). The van der Waals surface area contributed by atoms with E-state index >= 15 is 0 Å². The number of H-pyrrole nitrogens is 1. The third-order valence-electron chi connectivity index (χ3n) is 4.22. The van der Waals surface area contributed by atoms with Crippen molar-refractivity contribution in [2.24, 2.45) is 5.73 Å². The highest BCUT2D eigenvalue weighted by molar-refractivity contribution is 5.70. The van der Waals surface area contributed by atoms with E-state index in [0.29, 0.717) is 17.7 Å². The minimum atomic E-state index is -0.466. The van der Waals surface area contributed by atoms with Gasteiger partial charge in [-0.15, -0.1) is 0 Å². The lowest BCUT2D eigenvalue weighted by Gasteiger charge is -2.24. The third-order valence-corrected chi connectivity index (χ3v) is 4.22. The number of nitrogens with zero attached hydrogens (tertiary/aromatic N) is 3. The second-order valence-corrected chi connectivity index (χ2v) is 6.95. The van der Waals surface area contributed by atoms with Crippen molar-refractivity contribution in [3.05, 3.63) is 27.2 Å². The van der Waals surface area contributed by atoms with Crippen LogP contribution in [-0.4, -0.2) is 24.6 Å². The first-order chi connectivity index (χ1) is 10.4. The molecule has 120 valence electrons. The lowest BCUT2D eigenvalue weighted by atomic mass is 9.95. The molecule has 0 spiro atoms. The van der Waals surface area contributed by atoms with E-state index in [1.807, 2.05) is 13.8 Å². The zero-order valence-corrected chi connectivity index (χ0v) is 13.1. The summed E-state index contributed by atoms with van der Waals surface area (Å²) in [6.45, 7) is 4.25. The zero-order chi connectivity index (χ0) is 15.9. The molecule has 3 N–H and O–H groups in total. The van der Waals surface area contributed by atoms with Gasteiger partial charge in [-0.05, 0) is 26.7 Å². The van der Waals surface area contributed by atoms with Crippen LogP contribution in [-0.2, 0) is 6.54 Å². The molecule has 1 aliphatic carbocycles. The van der Waals surface area contributed by atoms with Crippen LogP contribution < -0.4 is 17.0 Å². The van der Waals surface area contributed by atoms with E-state index in [4.69, 9.17) is 5.73 Å². The molecular weight excluding hydrogens is 282 g/mol. The standard InChI is InChI=1S/C15H23N5O2/c1-15(2,16)8-19-9-17-12-11(19)13(21)18-14(22)20(12)10-6-4-3-5-7-10/h9-10H,3-8,16H2,1-2H3,(H,18,21,22). The fourth-order valence-electron chi connectivity index (χ4n) is 3.33. The van der Waals surface area contributed by atoms with Gasteiger partial charge >= 0.3 is 5.69 Å². The second kappa shape index (κ2) is 5.39. The van der Waals surface area contributed by atoms with Crippen LogP contribution in [0.1, 0.15) is 52.0 Å². The number of aromatic amines is 1. The number of nitrogens with one attached hydrogen (secondary N) is 1. The van der Waals surface area contributed by atoms with E-state index in [-0.39, 0.29) is 11.7 Å². The highest BCUT2D eigenvalue weighted by Crippen LogP contribution is 2.28. The summed E-state index contributed by atoms with van der Waals surface area (Å²) < 4.78 is 3.41. The van der Waals surface area contributed by atoms with Crippen molar-refractivity contribution in [2.45, 2.75) is 64.1 Å². The summed E-state index contributed by atoms with van der Waals surface area (Å²) in [5.74, 6) is 0. The summed E-state index contributed by atoms with van der Waals surface area (Å²) in [7, 11) is 0. The predicted molar refractivity (Wildman–Crippen MR) is 85.0 cm³/mol. The van der Waals surface area contributed by atoms with Gasteiger partial charge in [0.15, 0.2) is 11.2 Å². The maximum absolute atomic E-state index is 12.3. The van der Waals surface area contributed by atoms with E-state index in [1.165, 1.54) is 6.42 Å². The van der Waals surface area contributed by atoms with Crippen LogP contribution in [0.2, 0.25) is 0 Å². The lowest BCUT2D eigenvalue weighted by molar-refractivity contribution is 0.349. The fourth-order valence-corrected chi connectivity index (χ4v) is 3.33. The molecular formula is C15H23N5O2. The second-order valence-electron chi connectivity index (χ2n) is 6.95. The number of aromatic nitrogens is 4. The van der Waals surface area contributed by atoms with Crippen molar-refractivity contribution in [1.29, 1.82) is 0 Å². The largest absolute Gasteiger partial charge is 0.330 e. The Labute approximate surface area is 128 Å². The van der Waals surface area contributed by atoms with Crippen LogP contribution in [0.3, 0.4) is 0 Å². The van der Waals surface area contributed by atoms with Crippen molar-refractivity contribution in [3.63, 3.8) is 0 Å². The van der Waals surface area contributed by atoms with Crippen LogP contribution in [0.25, 0.3) is 11.2 Å². The van der Waals surface area contributed by atoms with Crippen molar-refractivity contribution < 1.29 is 0 Å². The number of fused-ring (bicyclic) bond motifs is 1. The summed E-state index contributed by atoms with van der Waals surface area (Å²) >= 11 is 0. The zero-order valence-electron chi connectivity index (χ0n) is 13.1. The van der Waals surface area contributed by atoms with Crippen molar-refractivity contribution in [2.75, 3.05) is 0 Å². The third kappa shape index (κ3) is 2.72. The fraction of sp³-hybridized carbons (Fsp3) is 0.667. The van der Waals surface area contributed by atoms with E-state index in [2.05, 4.69) is 9.97 Å². The van der Waals surface area contributed by atoms with Gasteiger partial charge in [0.25, 0.3) is 5.56 Å². The SMILES string of the molecule is CC(C)(N)Cn1cnc2c1c(=O)[nH]c(=O)n2C1CCCCC1. The highest BCUT2D eigenvalue weighted by Gasteiger charge is 2.23. The molecule has 7 nitrogen and oxygen atoms in total. The maximum atomic E-state index is 12.3. The van der Waals surface area contributed by atoms with E-state index in [1.54, 1.807) is 15.5 Å². The van der Waals surface area contributed by atoms with Gasteiger partial charge in [-0.1, -0.05) is 19.3 Å². The molecule has 7 heteroatoms.